The van der Waals surface area contributed by atoms with Gasteiger partial charge in [-0.2, -0.15) is 10.1 Å². The predicted molar refractivity (Wildman–Crippen MR) is 96.2 cm³/mol. The van der Waals surface area contributed by atoms with Crippen molar-refractivity contribution in [2.75, 3.05) is 16.8 Å². The molecule has 1 N–H and O–H groups in total. The summed E-state index contributed by atoms with van der Waals surface area (Å²) in [6, 6.07) is 14.7. The summed E-state index contributed by atoms with van der Waals surface area (Å²) in [6.07, 6.45) is 2.74. The summed E-state index contributed by atoms with van der Waals surface area (Å²) < 4.78 is 0. The average molecular weight is 317 g/mol. The summed E-state index contributed by atoms with van der Waals surface area (Å²) in [6.45, 7) is 5.07. The maximum absolute atomic E-state index is 4.65. The molecule has 1 aliphatic rings. The Hall–Kier alpha value is -2.95. The number of para-hydroxylation sites is 1. The van der Waals surface area contributed by atoms with Crippen molar-refractivity contribution in [2.45, 2.75) is 20.3 Å². The van der Waals surface area contributed by atoms with Gasteiger partial charge in [-0.05, 0) is 55.2 Å². The molecule has 1 aliphatic heterocycles. The van der Waals surface area contributed by atoms with Crippen LogP contribution < -0.4 is 10.2 Å². The first-order chi connectivity index (χ1) is 11.7. The molecule has 24 heavy (non-hydrogen) atoms. The molecule has 0 bridgehead atoms. The minimum atomic E-state index is 0.516. The van der Waals surface area contributed by atoms with Crippen molar-refractivity contribution in [1.82, 2.24) is 15.2 Å². The van der Waals surface area contributed by atoms with Crippen LogP contribution in [-0.2, 0) is 6.42 Å². The van der Waals surface area contributed by atoms with Gasteiger partial charge in [-0.25, -0.2) is 0 Å². The average Bonchev–Trinajstić information content (AvgIpc) is 2.98. The highest BCUT2D eigenvalue weighted by Gasteiger charge is 2.21. The van der Waals surface area contributed by atoms with Crippen LogP contribution in [0.4, 0.5) is 23.1 Å². The maximum atomic E-state index is 4.65. The molecule has 5 nitrogen and oxygen atoms in total. The first-order valence-corrected chi connectivity index (χ1v) is 8.09. The van der Waals surface area contributed by atoms with Gasteiger partial charge in [0.2, 0.25) is 5.95 Å². The SMILES string of the molecule is Cc1cc(C)cc(Nc2nncc(N3CCc4ccccc43)n2)c1. The summed E-state index contributed by atoms with van der Waals surface area (Å²) in [7, 11) is 0. The van der Waals surface area contributed by atoms with Gasteiger partial charge in [-0.3, -0.25) is 0 Å². The van der Waals surface area contributed by atoms with E-state index in [0.717, 1.165) is 24.5 Å². The molecule has 120 valence electrons. The van der Waals surface area contributed by atoms with Crippen LogP contribution in [0.15, 0.2) is 48.7 Å². The maximum Gasteiger partial charge on any atom is 0.249 e. The van der Waals surface area contributed by atoms with E-state index in [1.54, 1.807) is 6.20 Å². The zero-order chi connectivity index (χ0) is 16.5. The number of aromatic nitrogens is 3. The van der Waals surface area contributed by atoms with Crippen molar-refractivity contribution < 1.29 is 0 Å². The van der Waals surface area contributed by atoms with E-state index in [1.807, 2.05) is 0 Å². The molecule has 5 heteroatoms. The third-order valence-electron chi connectivity index (χ3n) is 4.19. The molecule has 0 spiro atoms. The molecule has 0 amide bonds. The van der Waals surface area contributed by atoms with Gasteiger partial charge in [-0.1, -0.05) is 24.3 Å². The summed E-state index contributed by atoms with van der Waals surface area (Å²) >= 11 is 0. The number of hydrogen-bond donors (Lipinski definition) is 1. The van der Waals surface area contributed by atoms with Crippen LogP contribution in [0.5, 0.6) is 0 Å². The number of aryl methyl sites for hydroxylation is 2. The monoisotopic (exact) mass is 317 g/mol. The van der Waals surface area contributed by atoms with E-state index in [2.05, 4.69) is 81.7 Å². The molecule has 1 aromatic heterocycles. The van der Waals surface area contributed by atoms with E-state index in [0.29, 0.717) is 5.95 Å². The lowest BCUT2D eigenvalue weighted by Gasteiger charge is -2.18. The fourth-order valence-corrected chi connectivity index (χ4v) is 3.23. The normalized spacial score (nSPS) is 13.0. The molecule has 0 aliphatic carbocycles. The zero-order valence-corrected chi connectivity index (χ0v) is 13.8. The van der Waals surface area contributed by atoms with Gasteiger partial charge in [0.05, 0.1) is 6.20 Å². The molecular formula is C19H19N5. The first-order valence-electron chi connectivity index (χ1n) is 8.09. The molecule has 0 fully saturated rings. The van der Waals surface area contributed by atoms with Crippen molar-refractivity contribution in [2.24, 2.45) is 0 Å². The van der Waals surface area contributed by atoms with Crippen LogP contribution in [0.1, 0.15) is 16.7 Å². The highest BCUT2D eigenvalue weighted by molar-refractivity contribution is 5.68. The van der Waals surface area contributed by atoms with Crippen LogP contribution in [0.25, 0.3) is 0 Å². The quantitative estimate of drug-likeness (QED) is 0.793. The smallest absolute Gasteiger partial charge is 0.249 e. The van der Waals surface area contributed by atoms with E-state index in [9.17, 15) is 0 Å². The van der Waals surface area contributed by atoms with Crippen LogP contribution >= 0.6 is 0 Å². The fourth-order valence-electron chi connectivity index (χ4n) is 3.23. The second-order valence-electron chi connectivity index (χ2n) is 6.17. The Kier molecular flexibility index (Phi) is 3.61. The molecule has 0 saturated heterocycles. The van der Waals surface area contributed by atoms with E-state index in [4.69, 9.17) is 0 Å². The zero-order valence-electron chi connectivity index (χ0n) is 13.8. The summed E-state index contributed by atoms with van der Waals surface area (Å²) in [4.78, 5) is 6.84. The third-order valence-corrected chi connectivity index (χ3v) is 4.19. The molecule has 0 saturated carbocycles. The summed E-state index contributed by atoms with van der Waals surface area (Å²) in [5, 5.41) is 11.5. The van der Waals surface area contributed by atoms with Gasteiger partial charge in [0.1, 0.15) is 0 Å². The van der Waals surface area contributed by atoms with Crippen LogP contribution in [0, 0.1) is 13.8 Å². The van der Waals surface area contributed by atoms with Crippen LogP contribution in [-0.4, -0.2) is 21.7 Å². The molecule has 0 unspecified atom stereocenters. The second-order valence-corrected chi connectivity index (χ2v) is 6.17. The molecule has 0 atom stereocenters. The minimum absolute atomic E-state index is 0.516. The summed E-state index contributed by atoms with van der Waals surface area (Å²) in [5.74, 6) is 1.34. The molecule has 4 rings (SSSR count). The van der Waals surface area contributed by atoms with Crippen molar-refractivity contribution in [3.05, 3.63) is 65.4 Å². The number of nitrogens with zero attached hydrogens (tertiary/aromatic N) is 4. The Morgan fingerprint density at radius 1 is 1.04 bits per heavy atom. The van der Waals surface area contributed by atoms with Gasteiger partial charge < -0.3 is 10.2 Å². The van der Waals surface area contributed by atoms with Crippen molar-refractivity contribution in [1.29, 1.82) is 0 Å². The van der Waals surface area contributed by atoms with Crippen molar-refractivity contribution in [3.8, 4) is 0 Å². The largest absolute Gasteiger partial charge is 0.324 e. The van der Waals surface area contributed by atoms with Gasteiger partial charge in [0.15, 0.2) is 5.82 Å². The lowest BCUT2D eigenvalue weighted by Crippen LogP contribution is -2.16. The van der Waals surface area contributed by atoms with Gasteiger partial charge in [0, 0.05) is 17.9 Å². The summed E-state index contributed by atoms with van der Waals surface area (Å²) in [5.41, 5.74) is 5.94. The first kappa shape index (κ1) is 14.6. The fraction of sp³-hybridized carbons (Fsp3) is 0.211. The third kappa shape index (κ3) is 2.80. The highest BCUT2D eigenvalue weighted by Crippen LogP contribution is 2.33. The predicted octanol–water partition coefficient (Wildman–Crippen LogP) is 3.93. The Bertz CT molecular complexity index is 870. The molecule has 3 aromatic rings. The number of rotatable bonds is 3. The van der Waals surface area contributed by atoms with E-state index in [1.165, 1.54) is 22.4 Å². The van der Waals surface area contributed by atoms with Gasteiger partial charge in [-0.15, -0.1) is 5.10 Å². The number of benzene rings is 2. The molecule has 0 radical (unpaired) electrons. The number of fused-ring (bicyclic) bond motifs is 1. The van der Waals surface area contributed by atoms with Crippen molar-refractivity contribution in [3.63, 3.8) is 0 Å². The topological polar surface area (TPSA) is 53.9 Å². The van der Waals surface area contributed by atoms with Gasteiger partial charge >= 0.3 is 0 Å². The second kappa shape index (κ2) is 5.92. The lowest BCUT2D eigenvalue weighted by atomic mass is 10.1. The lowest BCUT2D eigenvalue weighted by molar-refractivity contribution is 0.920. The minimum Gasteiger partial charge on any atom is -0.324 e. The Morgan fingerprint density at radius 2 is 1.83 bits per heavy atom. The molecular weight excluding hydrogens is 298 g/mol. The van der Waals surface area contributed by atoms with Gasteiger partial charge in [0.25, 0.3) is 0 Å². The molecule has 2 heterocycles. The van der Waals surface area contributed by atoms with E-state index < -0.39 is 0 Å². The number of nitrogens with one attached hydrogen (secondary N) is 1. The Balaban J connectivity index is 1.63. The Morgan fingerprint density at radius 3 is 2.67 bits per heavy atom. The molecule has 2 aromatic carbocycles. The van der Waals surface area contributed by atoms with E-state index >= 15 is 0 Å². The number of anilines is 4. The Labute approximate surface area is 141 Å². The number of hydrogen-bond acceptors (Lipinski definition) is 5. The van der Waals surface area contributed by atoms with Crippen LogP contribution in [0.3, 0.4) is 0 Å². The van der Waals surface area contributed by atoms with E-state index in [-0.39, 0.29) is 0 Å². The van der Waals surface area contributed by atoms with Crippen LogP contribution in [0.2, 0.25) is 0 Å². The van der Waals surface area contributed by atoms with Crippen molar-refractivity contribution >= 4 is 23.1 Å². The highest BCUT2D eigenvalue weighted by atomic mass is 15.3. The standard InChI is InChI=1S/C19H19N5/c1-13-9-14(2)11-16(10-13)21-19-22-18(12-20-23-19)24-8-7-15-5-3-4-6-17(15)24/h3-6,9-12H,7-8H2,1-2H3,(H,21,22,23).